The minimum absolute atomic E-state index is 0.00709. The van der Waals surface area contributed by atoms with Crippen molar-refractivity contribution in [1.82, 2.24) is 10.2 Å². The molecule has 0 unspecified atom stereocenters. The highest BCUT2D eigenvalue weighted by atomic mass is 35.5. The maximum Gasteiger partial charge on any atom is 0.324 e. The largest absolute Gasteiger partial charge is 0.336 e. The molecule has 2 aliphatic rings. The predicted molar refractivity (Wildman–Crippen MR) is 123 cm³/mol. The average molecular weight is 493 g/mol. The number of amidine groups is 1. The monoisotopic (exact) mass is 492 g/mol. The van der Waals surface area contributed by atoms with Gasteiger partial charge in [0.05, 0.1) is 21.5 Å². The zero-order valence-corrected chi connectivity index (χ0v) is 18.7. The Bertz CT molecular complexity index is 1190. The van der Waals surface area contributed by atoms with E-state index in [4.69, 9.17) is 23.2 Å². The normalized spacial score (nSPS) is 17.2. The molecular formula is C21H15Cl2FN4O3S. The summed E-state index contributed by atoms with van der Waals surface area (Å²) in [7, 11) is 0. The first kappa shape index (κ1) is 22.3. The van der Waals surface area contributed by atoms with Crippen LogP contribution < -0.4 is 10.2 Å². The number of halogens is 3. The van der Waals surface area contributed by atoms with Crippen LogP contribution in [0.5, 0.6) is 0 Å². The van der Waals surface area contributed by atoms with Gasteiger partial charge in [0, 0.05) is 13.1 Å². The lowest BCUT2D eigenvalue weighted by atomic mass is 10.2. The number of hydrogen-bond donors (Lipinski definition) is 1. The van der Waals surface area contributed by atoms with Gasteiger partial charge in [0.1, 0.15) is 11.5 Å². The fraction of sp³-hybridized carbons (Fsp3) is 0.143. The number of nitrogens with one attached hydrogen (secondary N) is 1. The van der Waals surface area contributed by atoms with E-state index in [1.54, 1.807) is 24.3 Å². The molecule has 7 nitrogen and oxygen atoms in total. The van der Waals surface area contributed by atoms with Crippen molar-refractivity contribution < 1.29 is 18.8 Å². The van der Waals surface area contributed by atoms with Crippen LogP contribution in [-0.4, -0.2) is 46.8 Å². The topological polar surface area (TPSA) is 82.1 Å². The Kier molecular flexibility index (Phi) is 6.50. The number of rotatable bonds is 4. The van der Waals surface area contributed by atoms with E-state index in [-0.39, 0.29) is 28.8 Å². The molecule has 0 bridgehead atoms. The lowest BCUT2D eigenvalue weighted by molar-refractivity contribution is -0.124. The minimum Gasteiger partial charge on any atom is -0.336 e. The van der Waals surface area contributed by atoms with Crippen molar-refractivity contribution in [2.75, 3.05) is 23.7 Å². The van der Waals surface area contributed by atoms with Gasteiger partial charge in [0.2, 0.25) is 5.91 Å². The van der Waals surface area contributed by atoms with E-state index >= 15 is 0 Å². The van der Waals surface area contributed by atoms with Gasteiger partial charge in [-0.25, -0.2) is 14.2 Å². The fourth-order valence-corrected chi connectivity index (χ4v) is 4.30. The van der Waals surface area contributed by atoms with Crippen molar-refractivity contribution in [3.8, 4) is 0 Å². The maximum absolute atomic E-state index is 14.5. The number of carbonyl (C=O) groups excluding carboxylic acids is 3. The van der Waals surface area contributed by atoms with E-state index in [0.29, 0.717) is 22.2 Å². The van der Waals surface area contributed by atoms with E-state index in [9.17, 15) is 18.8 Å². The van der Waals surface area contributed by atoms with Gasteiger partial charge in [0.25, 0.3) is 5.91 Å². The van der Waals surface area contributed by atoms with Gasteiger partial charge in [-0.3, -0.25) is 19.4 Å². The number of hydrogen-bond acceptors (Lipinski definition) is 5. The molecule has 0 atom stereocenters. The summed E-state index contributed by atoms with van der Waals surface area (Å²) in [5.41, 5.74) is 0.629. The van der Waals surface area contributed by atoms with Crippen molar-refractivity contribution in [1.29, 1.82) is 0 Å². The number of para-hydroxylation sites is 1. The van der Waals surface area contributed by atoms with Crippen LogP contribution in [0.3, 0.4) is 0 Å². The molecule has 2 aliphatic heterocycles. The van der Waals surface area contributed by atoms with Gasteiger partial charge >= 0.3 is 6.03 Å². The zero-order chi connectivity index (χ0) is 22.8. The Balaban J connectivity index is 1.64. The summed E-state index contributed by atoms with van der Waals surface area (Å²) < 4.78 is 14.5. The van der Waals surface area contributed by atoms with E-state index < -0.39 is 23.7 Å². The second-order valence-corrected chi connectivity index (χ2v) is 8.51. The van der Waals surface area contributed by atoms with Crippen molar-refractivity contribution >= 4 is 69.7 Å². The number of carbonyl (C=O) groups is 3. The smallest absolute Gasteiger partial charge is 0.324 e. The van der Waals surface area contributed by atoms with E-state index in [1.165, 1.54) is 24.3 Å². The highest BCUT2D eigenvalue weighted by Crippen LogP contribution is 2.32. The molecule has 2 aromatic carbocycles. The summed E-state index contributed by atoms with van der Waals surface area (Å²) in [6.07, 6.45) is 1.50. The predicted octanol–water partition coefficient (Wildman–Crippen LogP) is 4.16. The van der Waals surface area contributed by atoms with Crippen LogP contribution >= 0.6 is 35.0 Å². The first-order chi connectivity index (χ1) is 15.3. The first-order valence-corrected chi connectivity index (χ1v) is 11.1. The number of imide groups is 1. The molecule has 1 saturated heterocycles. The van der Waals surface area contributed by atoms with Crippen LogP contribution in [0, 0.1) is 5.82 Å². The number of amides is 4. The second kappa shape index (κ2) is 9.32. The SMILES string of the molecule is O=C(CSC1=N/C(=C\c2ccc(Cl)c(Cl)c2)C(=O)N1c1ccccc1F)N1CCNC1=O. The number of anilines is 1. The molecule has 2 heterocycles. The molecule has 0 saturated carbocycles. The second-order valence-electron chi connectivity index (χ2n) is 6.76. The summed E-state index contributed by atoms with van der Waals surface area (Å²) in [4.78, 5) is 43.8. The van der Waals surface area contributed by atoms with Crippen molar-refractivity contribution in [2.45, 2.75) is 0 Å². The molecule has 0 spiro atoms. The lowest BCUT2D eigenvalue weighted by Crippen LogP contribution is -2.37. The zero-order valence-electron chi connectivity index (χ0n) is 16.3. The first-order valence-electron chi connectivity index (χ1n) is 9.40. The molecule has 0 aromatic heterocycles. The molecule has 0 radical (unpaired) electrons. The number of aliphatic imine (C=N–C) groups is 1. The molecule has 32 heavy (non-hydrogen) atoms. The van der Waals surface area contributed by atoms with Crippen LogP contribution in [0.25, 0.3) is 6.08 Å². The van der Waals surface area contributed by atoms with Crippen LogP contribution in [0.2, 0.25) is 10.0 Å². The molecule has 0 aliphatic carbocycles. The van der Waals surface area contributed by atoms with Crippen molar-refractivity contribution in [2.24, 2.45) is 4.99 Å². The van der Waals surface area contributed by atoms with Gasteiger partial charge in [-0.05, 0) is 35.9 Å². The highest BCUT2D eigenvalue weighted by Gasteiger charge is 2.35. The van der Waals surface area contributed by atoms with Crippen LogP contribution in [-0.2, 0) is 9.59 Å². The third-order valence-electron chi connectivity index (χ3n) is 4.65. The Labute approximate surface area is 196 Å². The minimum atomic E-state index is -0.616. The maximum atomic E-state index is 14.5. The lowest BCUT2D eigenvalue weighted by Gasteiger charge is -2.19. The number of nitrogens with zero attached hydrogens (tertiary/aromatic N) is 3. The third-order valence-corrected chi connectivity index (χ3v) is 6.31. The molecule has 11 heteroatoms. The summed E-state index contributed by atoms with van der Waals surface area (Å²) in [6.45, 7) is 0.649. The van der Waals surface area contributed by atoms with Crippen LogP contribution in [0.15, 0.2) is 53.2 Å². The quantitative estimate of drug-likeness (QED) is 0.649. The van der Waals surface area contributed by atoms with Gasteiger partial charge in [-0.2, -0.15) is 0 Å². The molecule has 164 valence electrons. The van der Waals surface area contributed by atoms with Gasteiger partial charge in [0.15, 0.2) is 5.17 Å². The highest BCUT2D eigenvalue weighted by molar-refractivity contribution is 8.14. The number of thioether (sulfide) groups is 1. The summed E-state index contributed by atoms with van der Waals surface area (Å²) >= 11 is 12.9. The van der Waals surface area contributed by atoms with E-state index in [2.05, 4.69) is 10.3 Å². The summed E-state index contributed by atoms with van der Waals surface area (Å²) in [6, 6.07) is 10.1. The number of benzene rings is 2. The van der Waals surface area contributed by atoms with E-state index in [0.717, 1.165) is 21.6 Å². The van der Waals surface area contributed by atoms with Gasteiger partial charge in [-0.1, -0.05) is 53.2 Å². The number of urea groups is 1. The van der Waals surface area contributed by atoms with Crippen LogP contribution in [0.1, 0.15) is 5.56 Å². The van der Waals surface area contributed by atoms with Crippen LogP contribution in [0.4, 0.5) is 14.9 Å². The Hall–Kier alpha value is -2.88. The Morgan fingerprint density at radius 2 is 1.97 bits per heavy atom. The molecule has 1 N–H and O–H groups in total. The average Bonchev–Trinajstić information content (AvgIpc) is 3.33. The molecule has 4 amide bonds. The van der Waals surface area contributed by atoms with E-state index in [1.807, 2.05) is 0 Å². The Morgan fingerprint density at radius 1 is 1.19 bits per heavy atom. The van der Waals surface area contributed by atoms with Gasteiger partial charge in [-0.15, -0.1) is 0 Å². The van der Waals surface area contributed by atoms with Gasteiger partial charge < -0.3 is 5.32 Å². The Morgan fingerprint density at radius 3 is 2.66 bits per heavy atom. The summed E-state index contributed by atoms with van der Waals surface area (Å²) in [5, 5.41) is 3.35. The fourth-order valence-electron chi connectivity index (χ4n) is 3.11. The summed E-state index contributed by atoms with van der Waals surface area (Å²) in [5.74, 6) is -1.76. The molecule has 2 aromatic rings. The molecular weight excluding hydrogens is 478 g/mol. The van der Waals surface area contributed by atoms with Crippen molar-refractivity contribution in [3.63, 3.8) is 0 Å². The van der Waals surface area contributed by atoms with Crippen molar-refractivity contribution in [3.05, 3.63) is 69.6 Å². The third kappa shape index (κ3) is 4.50. The molecule has 1 fully saturated rings. The molecule has 4 rings (SSSR count). The standard InChI is InChI=1S/C21H15Cl2FN4O3S/c22-13-6-5-12(9-14(13)23)10-16-19(30)28(17-4-2-1-3-15(17)24)21(26-16)32-11-18(29)27-8-7-25-20(27)31/h1-6,9-10H,7-8,11H2,(H,25,31)/b16-10-.